The van der Waals surface area contributed by atoms with Gasteiger partial charge in [0.1, 0.15) is 5.60 Å². The number of aliphatic hydroxyl groups is 1. The predicted octanol–water partition coefficient (Wildman–Crippen LogP) is 3.18. The van der Waals surface area contributed by atoms with Crippen LogP contribution in [0.5, 0.6) is 0 Å². The third kappa shape index (κ3) is 5.01. The summed E-state index contributed by atoms with van der Waals surface area (Å²) in [5.74, 6) is 0.493. The number of carbonyl (C=O) groups is 1. The minimum atomic E-state index is -0.477. The van der Waals surface area contributed by atoms with Crippen LogP contribution in [-0.2, 0) is 4.74 Å². The molecule has 3 unspecified atom stereocenters. The van der Waals surface area contributed by atoms with Crippen molar-refractivity contribution in [3.05, 3.63) is 0 Å². The van der Waals surface area contributed by atoms with Crippen LogP contribution in [-0.4, -0.2) is 39.9 Å². The molecule has 1 heterocycles. The highest BCUT2D eigenvalue weighted by atomic mass is 16.6. The van der Waals surface area contributed by atoms with E-state index in [1.807, 2.05) is 32.6 Å². The molecule has 0 aromatic carbocycles. The molecule has 1 saturated heterocycles. The Hall–Kier alpha value is -0.770. The second-order valence-electron chi connectivity index (χ2n) is 7.15. The molecule has 1 fully saturated rings. The van der Waals surface area contributed by atoms with Crippen LogP contribution in [0.1, 0.15) is 60.8 Å². The molecule has 4 heteroatoms. The molecular formula is C15H29NO3. The van der Waals surface area contributed by atoms with Crippen molar-refractivity contribution < 1.29 is 14.6 Å². The third-order valence-corrected chi connectivity index (χ3v) is 3.37. The summed E-state index contributed by atoms with van der Waals surface area (Å²) in [7, 11) is 0. The van der Waals surface area contributed by atoms with Crippen LogP contribution in [0.2, 0.25) is 0 Å². The van der Waals surface area contributed by atoms with Crippen molar-refractivity contribution in [3.8, 4) is 0 Å². The van der Waals surface area contributed by atoms with Gasteiger partial charge in [0.25, 0.3) is 0 Å². The number of hydrogen-bond acceptors (Lipinski definition) is 3. The van der Waals surface area contributed by atoms with Gasteiger partial charge in [-0.05, 0) is 52.9 Å². The molecule has 0 radical (unpaired) electrons. The van der Waals surface area contributed by atoms with Gasteiger partial charge in [-0.15, -0.1) is 0 Å². The Balaban J connectivity index is 2.81. The van der Waals surface area contributed by atoms with Crippen molar-refractivity contribution in [3.63, 3.8) is 0 Å². The summed E-state index contributed by atoms with van der Waals surface area (Å²) >= 11 is 0. The second kappa shape index (κ2) is 6.12. The fourth-order valence-corrected chi connectivity index (χ4v) is 2.79. The summed E-state index contributed by atoms with van der Waals surface area (Å²) in [6, 6.07) is 0.107. The summed E-state index contributed by atoms with van der Waals surface area (Å²) in [5, 5.41) is 9.92. The molecule has 3 atom stereocenters. The molecule has 19 heavy (non-hydrogen) atoms. The zero-order valence-electron chi connectivity index (χ0n) is 13.1. The first-order chi connectivity index (χ1) is 8.60. The molecule has 0 aromatic heterocycles. The number of ether oxygens (including phenoxy) is 1. The predicted molar refractivity (Wildman–Crippen MR) is 76.0 cm³/mol. The SMILES string of the molecule is CC(C)CC1CC(O)CC(C)N1C(=O)OC(C)(C)C. The van der Waals surface area contributed by atoms with Crippen LogP contribution in [0.3, 0.4) is 0 Å². The molecule has 0 bridgehead atoms. The molecule has 0 aromatic rings. The van der Waals surface area contributed by atoms with Gasteiger partial charge in [0, 0.05) is 12.1 Å². The van der Waals surface area contributed by atoms with Gasteiger partial charge in [-0.2, -0.15) is 0 Å². The fourth-order valence-electron chi connectivity index (χ4n) is 2.79. The first-order valence-electron chi connectivity index (χ1n) is 7.29. The Kier molecular flexibility index (Phi) is 5.25. The quantitative estimate of drug-likeness (QED) is 0.839. The fraction of sp³-hybridized carbons (Fsp3) is 0.933. The van der Waals surface area contributed by atoms with Crippen LogP contribution in [0, 0.1) is 5.92 Å². The van der Waals surface area contributed by atoms with E-state index >= 15 is 0 Å². The van der Waals surface area contributed by atoms with E-state index in [0.29, 0.717) is 18.8 Å². The summed E-state index contributed by atoms with van der Waals surface area (Å²) in [6.07, 6.45) is 1.63. The number of nitrogens with zero attached hydrogens (tertiary/aromatic N) is 1. The van der Waals surface area contributed by atoms with Crippen molar-refractivity contribution in [2.75, 3.05) is 0 Å². The number of rotatable bonds is 2. The Labute approximate surface area is 117 Å². The molecule has 4 nitrogen and oxygen atoms in total. The number of carbonyl (C=O) groups excluding carboxylic acids is 1. The number of piperidine rings is 1. The molecule has 1 rings (SSSR count). The lowest BCUT2D eigenvalue weighted by Gasteiger charge is -2.43. The van der Waals surface area contributed by atoms with E-state index < -0.39 is 5.60 Å². The molecule has 0 aliphatic carbocycles. The molecule has 112 valence electrons. The average Bonchev–Trinajstić information content (AvgIpc) is 2.10. The Morgan fingerprint density at radius 1 is 1.37 bits per heavy atom. The Morgan fingerprint density at radius 3 is 2.42 bits per heavy atom. The highest BCUT2D eigenvalue weighted by Crippen LogP contribution is 2.29. The maximum atomic E-state index is 12.3. The standard InChI is InChI=1S/C15H29NO3/c1-10(2)7-12-9-13(17)8-11(3)16(12)14(18)19-15(4,5)6/h10-13,17H,7-9H2,1-6H3. The maximum absolute atomic E-state index is 12.3. The van der Waals surface area contributed by atoms with Crippen LogP contribution in [0.25, 0.3) is 0 Å². The second-order valence-corrected chi connectivity index (χ2v) is 7.15. The minimum absolute atomic E-state index is 0.0300. The van der Waals surface area contributed by atoms with Crippen molar-refractivity contribution in [2.45, 2.75) is 84.6 Å². The normalized spacial score (nSPS) is 28.6. The van der Waals surface area contributed by atoms with E-state index in [2.05, 4.69) is 13.8 Å². The molecule has 1 aliphatic rings. The summed E-state index contributed by atoms with van der Waals surface area (Å²) in [5.41, 5.74) is -0.477. The van der Waals surface area contributed by atoms with Crippen LogP contribution in [0.15, 0.2) is 0 Å². The topological polar surface area (TPSA) is 49.8 Å². The highest BCUT2D eigenvalue weighted by Gasteiger charge is 2.38. The minimum Gasteiger partial charge on any atom is -0.444 e. The molecule has 1 aliphatic heterocycles. The highest BCUT2D eigenvalue weighted by molar-refractivity contribution is 5.69. The van der Waals surface area contributed by atoms with Crippen LogP contribution < -0.4 is 0 Å². The lowest BCUT2D eigenvalue weighted by atomic mass is 9.89. The van der Waals surface area contributed by atoms with E-state index in [9.17, 15) is 9.90 Å². The van der Waals surface area contributed by atoms with Gasteiger partial charge in [0.2, 0.25) is 0 Å². The Bertz CT molecular complexity index is 307. The number of aliphatic hydroxyl groups excluding tert-OH is 1. The Morgan fingerprint density at radius 2 is 1.95 bits per heavy atom. The van der Waals surface area contributed by atoms with Crippen molar-refractivity contribution in [2.24, 2.45) is 5.92 Å². The average molecular weight is 271 g/mol. The van der Waals surface area contributed by atoms with E-state index in [-0.39, 0.29) is 24.3 Å². The third-order valence-electron chi connectivity index (χ3n) is 3.37. The van der Waals surface area contributed by atoms with Crippen molar-refractivity contribution in [1.29, 1.82) is 0 Å². The van der Waals surface area contributed by atoms with Crippen molar-refractivity contribution in [1.82, 2.24) is 4.90 Å². The largest absolute Gasteiger partial charge is 0.444 e. The van der Waals surface area contributed by atoms with Crippen molar-refractivity contribution >= 4 is 6.09 Å². The van der Waals surface area contributed by atoms with E-state index in [1.165, 1.54) is 0 Å². The number of hydrogen-bond donors (Lipinski definition) is 1. The lowest BCUT2D eigenvalue weighted by Crippen LogP contribution is -2.54. The monoisotopic (exact) mass is 271 g/mol. The zero-order chi connectivity index (χ0) is 14.8. The van der Waals surface area contributed by atoms with Gasteiger partial charge < -0.3 is 14.7 Å². The first-order valence-corrected chi connectivity index (χ1v) is 7.29. The molecule has 1 N–H and O–H groups in total. The smallest absolute Gasteiger partial charge is 0.410 e. The molecule has 0 saturated carbocycles. The van der Waals surface area contributed by atoms with Gasteiger partial charge in [-0.1, -0.05) is 13.8 Å². The zero-order valence-corrected chi connectivity index (χ0v) is 13.1. The number of amides is 1. The van der Waals surface area contributed by atoms with E-state index in [4.69, 9.17) is 4.74 Å². The summed E-state index contributed by atoms with van der Waals surface area (Å²) in [4.78, 5) is 14.2. The maximum Gasteiger partial charge on any atom is 0.410 e. The van der Waals surface area contributed by atoms with Gasteiger partial charge in [-0.25, -0.2) is 4.79 Å². The lowest BCUT2D eigenvalue weighted by molar-refractivity contribution is -0.0298. The van der Waals surface area contributed by atoms with Gasteiger partial charge in [-0.3, -0.25) is 0 Å². The molecule has 1 amide bonds. The van der Waals surface area contributed by atoms with Crippen LogP contribution >= 0.6 is 0 Å². The first kappa shape index (κ1) is 16.3. The van der Waals surface area contributed by atoms with Gasteiger partial charge >= 0.3 is 6.09 Å². The van der Waals surface area contributed by atoms with Gasteiger partial charge in [0.15, 0.2) is 0 Å². The molecule has 0 spiro atoms. The summed E-state index contributed by atoms with van der Waals surface area (Å²) in [6.45, 7) is 11.9. The molecular weight excluding hydrogens is 242 g/mol. The van der Waals surface area contributed by atoms with Gasteiger partial charge in [0.05, 0.1) is 6.10 Å². The summed E-state index contributed by atoms with van der Waals surface area (Å²) < 4.78 is 5.50. The number of likely N-dealkylation sites (tertiary alicyclic amines) is 1. The van der Waals surface area contributed by atoms with E-state index in [0.717, 1.165) is 6.42 Å². The van der Waals surface area contributed by atoms with Crippen LogP contribution in [0.4, 0.5) is 4.79 Å². The van der Waals surface area contributed by atoms with E-state index in [1.54, 1.807) is 0 Å².